The highest BCUT2D eigenvalue weighted by Crippen LogP contribution is 2.42. The Morgan fingerprint density at radius 3 is 2.02 bits per heavy atom. The minimum Gasteiger partial charge on any atom is -0.461 e. The normalized spacial score (nSPS) is 16.6. The van der Waals surface area contributed by atoms with E-state index in [2.05, 4.69) is 10.5 Å². The minimum atomic E-state index is -1.12. The molecule has 0 bridgehead atoms. The van der Waals surface area contributed by atoms with E-state index >= 15 is 0 Å². The molecule has 2 atom stereocenters. The van der Waals surface area contributed by atoms with Crippen LogP contribution in [0.25, 0.3) is 0 Å². The van der Waals surface area contributed by atoms with E-state index in [1.807, 2.05) is 60.7 Å². The number of thioether (sulfide) groups is 1. The molecule has 268 valence electrons. The molecule has 1 N–H and O–H groups in total. The van der Waals surface area contributed by atoms with Crippen molar-refractivity contribution in [3.63, 3.8) is 0 Å². The summed E-state index contributed by atoms with van der Waals surface area (Å²) in [5.41, 5.74) is 1.31. The number of nitro groups is 1. The third-order valence-corrected chi connectivity index (χ3v) is 9.54. The Morgan fingerprint density at radius 2 is 1.45 bits per heavy atom. The van der Waals surface area contributed by atoms with Crippen molar-refractivity contribution in [2.45, 2.75) is 24.4 Å². The molecule has 6 rings (SSSR count). The molecule has 53 heavy (non-hydrogen) atoms. The maximum Gasteiger partial charge on any atom is 0.365 e. The SMILES string of the molecule is CC(=O)OCC1=C(C(=O)OC(c2ccccc2)c2ccccc2)N2C(=O)[C@@H](NC(=O)/C(=N/OC(=O)c3ccc([N+](=O)[O-])cc3)c3ccccc3)[C@H]2SC1. The standard InChI is InChI=1S/C38H30N4O10S/c1-23(43)50-21-28-22-53-36-31(35(45)41(36)32(28)38(47)51-33(25-13-7-3-8-14-25)26-15-9-4-10-16-26)39-34(44)30(24-11-5-2-6-12-24)40-52-37(46)27-17-19-29(20-18-27)42(48)49/h2-20,31,33,36H,21-22H2,1H3,(H,39,44)/b40-30+/t31-,36-/m1/s1. The predicted octanol–water partition coefficient (Wildman–Crippen LogP) is 4.71. The van der Waals surface area contributed by atoms with Gasteiger partial charge in [0.05, 0.1) is 10.5 Å². The first-order chi connectivity index (χ1) is 25.6. The first-order valence-corrected chi connectivity index (χ1v) is 17.2. The highest BCUT2D eigenvalue weighted by molar-refractivity contribution is 8.00. The number of amides is 2. The van der Waals surface area contributed by atoms with Gasteiger partial charge in [-0.3, -0.25) is 29.4 Å². The second-order valence-electron chi connectivity index (χ2n) is 11.7. The molecule has 0 aliphatic carbocycles. The smallest absolute Gasteiger partial charge is 0.365 e. The number of nitrogens with one attached hydrogen (secondary N) is 1. The molecule has 2 aliphatic rings. The fourth-order valence-corrected chi connectivity index (χ4v) is 6.94. The van der Waals surface area contributed by atoms with Crippen LogP contribution in [0.5, 0.6) is 0 Å². The summed E-state index contributed by atoms with van der Waals surface area (Å²) in [6.07, 6.45) is -0.828. The van der Waals surface area contributed by atoms with Gasteiger partial charge in [-0.1, -0.05) is 96.2 Å². The lowest BCUT2D eigenvalue weighted by molar-refractivity contribution is -0.384. The number of β-lactam (4-membered cyclic amide) rings is 1. The van der Waals surface area contributed by atoms with Crippen LogP contribution < -0.4 is 5.32 Å². The fourth-order valence-electron chi connectivity index (χ4n) is 5.61. The van der Waals surface area contributed by atoms with E-state index in [1.165, 1.54) is 35.7 Å². The molecule has 0 unspecified atom stereocenters. The number of nitrogens with zero attached hydrogens (tertiary/aromatic N) is 3. The summed E-state index contributed by atoms with van der Waals surface area (Å²) >= 11 is 1.25. The average Bonchev–Trinajstić information content (AvgIpc) is 3.18. The van der Waals surface area contributed by atoms with Crippen LogP contribution in [0.15, 0.2) is 132 Å². The average molecular weight is 735 g/mol. The lowest BCUT2D eigenvalue weighted by Gasteiger charge is -2.49. The summed E-state index contributed by atoms with van der Waals surface area (Å²) in [6, 6.07) is 29.8. The number of carbonyl (C=O) groups excluding carboxylic acids is 5. The van der Waals surface area contributed by atoms with E-state index in [0.29, 0.717) is 16.7 Å². The third-order valence-electron chi connectivity index (χ3n) is 8.20. The zero-order valence-corrected chi connectivity index (χ0v) is 28.8. The summed E-state index contributed by atoms with van der Waals surface area (Å²) in [5.74, 6) is -3.68. The van der Waals surface area contributed by atoms with E-state index < -0.39 is 52.2 Å². The molecular formula is C38H30N4O10S. The van der Waals surface area contributed by atoms with Gasteiger partial charge in [0.25, 0.3) is 17.5 Å². The second-order valence-corrected chi connectivity index (χ2v) is 12.8. The fraction of sp³-hybridized carbons (Fsp3) is 0.158. The molecule has 15 heteroatoms. The topological polar surface area (TPSA) is 184 Å². The Balaban J connectivity index is 1.24. The first kappa shape index (κ1) is 36.2. The molecule has 4 aromatic carbocycles. The van der Waals surface area contributed by atoms with Crippen molar-refractivity contribution in [3.8, 4) is 0 Å². The van der Waals surface area contributed by atoms with Crippen LogP contribution in [0.2, 0.25) is 0 Å². The van der Waals surface area contributed by atoms with E-state index in [4.69, 9.17) is 14.3 Å². The highest BCUT2D eigenvalue weighted by Gasteiger charge is 2.55. The number of ether oxygens (including phenoxy) is 2. The van der Waals surface area contributed by atoms with Crippen LogP contribution in [0, 0.1) is 10.1 Å². The van der Waals surface area contributed by atoms with Crippen molar-refractivity contribution < 1.29 is 43.2 Å². The third kappa shape index (κ3) is 8.15. The molecule has 2 amide bonds. The van der Waals surface area contributed by atoms with Gasteiger partial charge in [-0.05, 0) is 23.3 Å². The van der Waals surface area contributed by atoms with Crippen LogP contribution in [-0.4, -0.2) is 69.0 Å². The monoisotopic (exact) mass is 734 g/mol. The number of hydrogen-bond donors (Lipinski definition) is 1. The van der Waals surface area contributed by atoms with Crippen LogP contribution >= 0.6 is 11.8 Å². The Kier molecular flexibility index (Phi) is 11.0. The molecule has 2 aliphatic heterocycles. The Labute approximate surface area is 306 Å². The molecule has 1 saturated heterocycles. The van der Waals surface area contributed by atoms with Gasteiger partial charge in [0, 0.05) is 35.9 Å². The van der Waals surface area contributed by atoms with Gasteiger partial charge in [0.2, 0.25) is 0 Å². The number of fused-ring (bicyclic) bond motifs is 1. The molecule has 0 spiro atoms. The summed E-state index contributed by atoms with van der Waals surface area (Å²) in [5, 5.41) is 16.7. The zero-order chi connectivity index (χ0) is 37.5. The van der Waals surface area contributed by atoms with Crippen LogP contribution in [0.4, 0.5) is 5.69 Å². The van der Waals surface area contributed by atoms with Crippen LogP contribution in [0.1, 0.15) is 40.1 Å². The van der Waals surface area contributed by atoms with Gasteiger partial charge in [0.15, 0.2) is 11.8 Å². The second kappa shape index (κ2) is 16.2. The molecule has 14 nitrogen and oxygen atoms in total. The molecule has 0 saturated carbocycles. The summed E-state index contributed by atoms with van der Waals surface area (Å²) in [7, 11) is 0. The zero-order valence-electron chi connectivity index (χ0n) is 27.9. The number of benzene rings is 4. The van der Waals surface area contributed by atoms with Crippen molar-refractivity contribution in [1.29, 1.82) is 0 Å². The summed E-state index contributed by atoms with van der Waals surface area (Å²) in [4.78, 5) is 82.7. The minimum absolute atomic E-state index is 0.0480. The molecule has 0 radical (unpaired) electrons. The molecule has 4 aromatic rings. The van der Waals surface area contributed by atoms with Crippen molar-refractivity contribution >= 4 is 52.9 Å². The quantitative estimate of drug-likeness (QED) is 0.0531. The largest absolute Gasteiger partial charge is 0.461 e. The molecule has 1 fully saturated rings. The van der Waals surface area contributed by atoms with Crippen molar-refractivity contribution in [3.05, 3.63) is 159 Å². The van der Waals surface area contributed by atoms with E-state index in [9.17, 15) is 34.1 Å². The maximum absolute atomic E-state index is 14.1. The van der Waals surface area contributed by atoms with Gasteiger partial charge >= 0.3 is 17.9 Å². The predicted molar refractivity (Wildman–Crippen MR) is 191 cm³/mol. The first-order valence-electron chi connectivity index (χ1n) is 16.1. The summed E-state index contributed by atoms with van der Waals surface area (Å²) in [6.45, 7) is 0.972. The van der Waals surface area contributed by atoms with E-state index in [1.54, 1.807) is 30.3 Å². The van der Waals surface area contributed by atoms with Gasteiger partial charge in [0.1, 0.15) is 23.7 Å². The molecule has 0 aromatic heterocycles. The number of non-ortho nitro benzene ring substituents is 1. The Hall–Kier alpha value is -6.61. The van der Waals surface area contributed by atoms with Crippen molar-refractivity contribution in [2.24, 2.45) is 5.16 Å². The summed E-state index contributed by atoms with van der Waals surface area (Å²) < 4.78 is 11.3. The highest BCUT2D eigenvalue weighted by atomic mass is 32.2. The number of oxime groups is 1. The number of rotatable bonds is 12. The van der Waals surface area contributed by atoms with Crippen LogP contribution in [-0.2, 0) is 33.5 Å². The lowest BCUT2D eigenvalue weighted by Crippen LogP contribution is -2.71. The van der Waals surface area contributed by atoms with Gasteiger partial charge in [-0.2, -0.15) is 0 Å². The lowest BCUT2D eigenvalue weighted by atomic mass is 10.0. The van der Waals surface area contributed by atoms with Gasteiger partial charge in [-0.25, -0.2) is 9.59 Å². The van der Waals surface area contributed by atoms with Crippen LogP contribution in [0.3, 0.4) is 0 Å². The van der Waals surface area contributed by atoms with Crippen molar-refractivity contribution in [1.82, 2.24) is 10.2 Å². The van der Waals surface area contributed by atoms with Gasteiger partial charge < -0.3 is 19.6 Å². The Morgan fingerprint density at radius 1 is 0.868 bits per heavy atom. The molecule has 2 heterocycles. The van der Waals surface area contributed by atoms with E-state index in [-0.39, 0.29) is 40.6 Å². The Bertz CT molecular complexity index is 2070. The van der Waals surface area contributed by atoms with Gasteiger partial charge in [-0.15, -0.1) is 11.8 Å². The maximum atomic E-state index is 14.1. The van der Waals surface area contributed by atoms with Crippen molar-refractivity contribution in [2.75, 3.05) is 12.4 Å². The molecular weight excluding hydrogens is 705 g/mol. The number of nitro benzene ring substituents is 1. The number of esters is 2. The van der Waals surface area contributed by atoms with E-state index in [0.717, 1.165) is 12.1 Å². The number of hydrogen-bond acceptors (Lipinski definition) is 12. The number of carbonyl (C=O) groups is 5.